The van der Waals surface area contributed by atoms with E-state index in [2.05, 4.69) is 4.98 Å². The number of anilines is 1. The van der Waals surface area contributed by atoms with E-state index in [1.54, 1.807) is 18.3 Å². The molecule has 0 amide bonds. The number of thiazole rings is 1. The lowest BCUT2D eigenvalue weighted by molar-refractivity contribution is -0.144. The predicted molar refractivity (Wildman–Crippen MR) is 66.5 cm³/mol. The average molecular weight is 248 g/mol. The van der Waals surface area contributed by atoms with E-state index in [4.69, 9.17) is 10.5 Å². The molecule has 0 fully saturated rings. The third-order valence-electron chi connectivity index (χ3n) is 2.14. The largest absolute Gasteiger partial charge is 0.458 e. The molecule has 1 aromatic carbocycles. The molecule has 88 valence electrons. The fourth-order valence-electron chi connectivity index (χ4n) is 1.39. The number of nitrogen functional groups attached to an aromatic ring is 1. The number of nitrogens with zero attached hydrogens (tertiary/aromatic N) is 1. The Balaban J connectivity index is 1.85. The molecule has 0 radical (unpaired) electrons. The third-order valence-corrected chi connectivity index (χ3v) is 2.89. The molecule has 2 rings (SSSR count). The van der Waals surface area contributed by atoms with Gasteiger partial charge in [0.05, 0.1) is 6.42 Å². The highest BCUT2D eigenvalue weighted by Crippen LogP contribution is 2.09. The number of carbonyl (C=O) groups excluding carboxylic acids is 1. The van der Waals surface area contributed by atoms with Crippen LogP contribution in [0, 0.1) is 0 Å². The van der Waals surface area contributed by atoms with Crippen molar-refractivity contribution >= 4 is 23.0 Å². The Morgan fingerprint density at radius 1 is 1.47 bits per heavy atom. The van der Waals surface area contributed by atoms with Gasteiger partial charge in [0.15, 0.2) is 0 Å². The summed E-state index contributed by atoms with van der Waals surface area (Å²) < 4.78 is 5.10. The van der Waals surface area contributed by atoms with Crippen molar-refractivity contribution in [2.24, 2.45) is 0 Å². The first-order valence-corrected chi connectivity index (χ1v) is 6.00. The zero-order valence-corrected chi connectivity index (χ0v) is 9.94. The van der Waals surface area contributed by atoms with Gasteiger partial charge in [0, 0.05) is 17.3 Å². The molecule has 17 heavy (non-hydrogen) atoms. The number of hydrogen-bond acceptors (Lipinski definition) is 5. The van der Waals surface area contributed by atoms with Crippen LogP contribution in [0.3, 0.4) is 0 Å². The number of nitrogens with two attached hydrogens (primary N) is 1. The van der Waals surface area contributed by atoms with Crippen LogP contribution in [-0.2, 0) is 22.6 Å². The maximum Gasteiger partial charge on any atom is 0.310 e. The molecule has 0 atom stereocenters. The first-order chi connectivity index (χ1) is 8.24. The van der Waals surface area contributed by atoms with Gasteiger partial charge < -0.3 is 10.5 Å². The minimum absolute atomic E-state index is 0.233. The molecular formula is C12H12N2O2S. The lowest BCUT2D eigenvalue weighted by atomic mass is 10.1. The van der Waals surface area contributed by atoms with E-state index >= 15 is 0 Å². The number of carbonyl (C=O) groups is 1. The van der Waals surface area contributed by atoms with E-state index in [0.717, 1.165) is 10.6 Å². The molecule has 1 aromatic heterocycles. The molecule has 0 aliphatic carbocycles. The molecule has 2 aromatic rings. The molecule has 0 aliphatic rings. The monoisotopic (exact) mass is 248 g/mol. The second-order valence-electron chi connectivity index (χ2n) is 3.51. The molecule has 0 saturated heterocycles. The Hall–Kier alpha value is -1.88. The molecule has 0 saturated carbocycles. The van der Waals surface area contributed by atoms with Gasteiger partial charge in [-0.3, -0.25) is 4.79 Å². The standard InChI is InChI=1S/C12H12N2O2S/c13-10-3-1-2-9(6-10)7-12(15)16-8-11-14-4-5-17-11/h1-6H,7-8,13H2. The van der Waals surface area contributed by atoms with Crippen molar-refractivity contribution in [2.75, 3.05) is 5.73 Å². The van der Waals surface area contributed by atoms with E-state index in [9.17, 15) is 4.79 Å². The number of esters is 1. The van der Waals surface area contributed by atoms with E-state index in [-0.39, 0.29) is 19.0 Å². The average Bonchev–Trinajstić information content (AvgIpc) is 2.79. The fraction of sp³-hybridized carbons (Fsp3) is 0.167. The predicted octanol–water partition coefficient (Wildman–Crippen LogP) is 2.01. The van der Waals surface area contributed by atoms with Gasteiger partial charge in [0.1, 0.15) is 11.6 Å². The van der Waals surface area contributed by atoms with Crippen LogP contribution in [0.4, 0.5) is 5.69 Å². The molecule has 5 heteroatoms. The molecule has 4 nitrogen and oxygen atoms in total. The summed E-state index contributed by atoms with van der Waals surface area (Å²) in [5.74, 6) is -0.272. The van der Waals surface area contributed by atoms with Crippen LogP contribution < -0.4 is 5.73 Å². The van der Waals surface area contributed by atoms with Crippen LogP contribution >= 0.6 is 11.3 Å². The Morgan fingerprint density at radius 3 is 3.06 bits per heavy atom. The topological polar surface area (TPSA) is 65.2 Å². The SMILES string of the molecule is Nc1cccc(CC(=O)OCc2nccs2)c1. The van der Waals surface area contributed by atoms with E-state index < -0.39 is 0 Å². The van der Waals surface area contributed by atoms with Crippen molar-refractivity contribution < 1.29 is 9.53 Å². The maximum absolute atomic E-state index is 11.5. The van der Waals surface area contributed by atoms with E-state index in [1.807, 2.05) is 17.5 Å². The Bertz CT molecular complexity index is 497. The smallest absolute Gasteiger partial charge is 0.310 e. The van der Waals surface area contributed by atoms with Crippen LogP contribution in [0.5, 0.6) is 0 Å². The highest BCUT2D eigenvalue weighted by Gasteiger charge is 2.06. The lowest BCUT2D eigenvalue weighted by Gasteiger charge is -2.03. The summed E-state index contributed by atoms with van der Waals surface area (Å²) in [5, 5.41) is 2.65. The number of benzene rings is 1. The lowest BCUT2D eigenvalue weighted by Crippen LogP contribution is -2.08. The molecule has 0 spiro atoms. The van der Waals surface area contributed by atoms with Crippen molar-refractivity contribution in [3.63, 3.8) is 0 Å². The minimum Gasteiger partial charge on any atom is -0.458 e. The highest BCUT2D eigenvalue weighted by atomic mass is 32.1. The number of hydrogen-bond donors (Lipinski definition) is 1. The minimum atomic E-state index is -0.272. The van der Waals surface area contributed by atoms with Crippen LogP contribution in [0.1, 0.15) is 10.6 Å². The molecular weight excluding hydrogens is 236 g/mol. The van der Waals surface area contributed by atoms with Crippen LogP contribution in [0.25, 0.3) is 0 Å². The van der Waals surface area contributed by atoms with Gasteiger partial charge >= 0.3 is 5.97 Å². The summed E-state index contributed by atoms with van der Waals surface area (Å²) in [6.45, 7) is 0.235. The number of aromatic nitrogens is 1. The van der Waals surface area contributed by atoms with E-state index in [1.165, 1.54) is 11.3 Å². The van der Waals surface area contributed by atoms with E-state index in [0.29, 0.717) is 5.69 Å². The Kier molecular flexibility index (Phi) is 3.72. The first kappa shape index (κ1) is 11.6. The third kappa shape index (κ3) is 3.57. The van der Waals surface area contributed by atoms with Crippen LogP contribution in [0.2, 0.25) is 0 Å². The Morgan fingerprint density at radius 2 is 2.35 bits per heavy atom. The summed E-state index contributed by atoms with van der Waals surface area (Å²) in [4.78, 5) is 15.6. The van der Waals surface area contributed by atoms with Gasteiger partial charge in [-0.15, -0.1) is 11.3 Å². The van der Waals surface area contributed by atoms with Gasteiger partial charge in [-0.2, -0.15) is 0 Å². The second kappa shape index (κ2) is 5.45. The summed E-state index contributed by atoms with van der Waals surface area (Å²) in [7, 11) is 0. The maximum atomic E-state index is 11.5. The van der Waals surface area contributed by atoms with Crippen molar-refractivity contribution in [3.8, 4) is 0 Å². The van der Waals surface area contributed by atoms with Crippen molar-refractivity contribution in [1.82, 2.24) is 4.98 Å². The van der Waals surface area contributed by atoms with Crippen LogP contribution in [-0.4, -0.2) is 11.0 Å². The number of ether oxygens (including phenoxy) is 1. The van der Waals surface area contributed by atoms with Crippen molar-refractivity contribution in [1.29, 1.82) is 0 Å². The first-order valence-electron chi connectivity index (χ1n) is 5.12. The van der Waals surface area contributed by atoms with Gasteiger partial charge in [0.2, 0.25) is 0 Å². The van der Waals surface area contributed by atoms with Gasteiger partial charge in [-0.1, -0.05) is 12.1 Å². The summed E-state index contributed by atoms with van der Waals surface area (Å²) in [5.41, 5.74) is 7.13. The second-order valence-corrected chi connectivity index (χ2v) is 4.49. The Labute approximate surface area is 103 Å². The molecule has 1 heterocycles. The fourth-order valence-corrected chi connectivity index (χ4v) is 1.91. The van der Waals surface area contributed by atoms with Gasteiger partial charge in [-0.05, 0) is 17.7 Å². The molecule has 2 N–H and O–H groups in total. The van der Waals surface area contributed by atoms with Gasteiger partial charge in [0.25, 0.3) is 0 Å². The van der Waals surface area contributed by atoms with Crippen LogP contribution in [0.15, 0.2) is 35.8 Å². The zero-order valence-electron chi connectivity index (χ0n) is 9.13. The molecule has 0 aliphatic heterocycles. The van der Waals surface area contributed by atoms with Crippen molar-refractivity contribution in [2.45, 2.75) is 13.0 Å². The summed E-state index contributed by atoms with van der Waals surface area (Å²) in [6.07, 6.45) is 1.92. The summed E-state index contributed by atoms with van der Waals surface area (Å²) >= 11 is 1.47. The summed E-state index contributed by atoms with van der Waals surface area (Å²) in [6, 6.07) is 7.22. The molecule has 0 bridgehead atoms. The molecule has 0 unspecified atom stereocenters. The highest BCUT2D eigenvalue weighted by molar-refractivity contribution is 7.09. The normalized spacial score (nSPS) is 10.1. The van der Waals surface area contributed by atoms with Gasteiger partial charge in [-0.25, -0.2) is 4.98 Å². The zero-order chi connectivity index (χ0) is 12.1. The number of rotatable bonds is 4. The quantitative estimate of drug-likeness (QED) is 0.664. The van der Waals surface area contributed by atoms with Crippen molar-refractivity contribution in [3.05, 3.63) is 46.4 Å².